The molecule has 1 atom stereocenters. The number of halogens is 3. The van der Waals surface area contributed by atoms with Gasteiger partial charge in [0.15, 0.2) is 11.6 Å². The van der Waals surface area contributed by atoms with E-state index in [0.717, 1.165) is 12.1 Å². The van der Waals surface area contributed by atoms with Crippen LogP contribution in [0.4, 0.5) is 8.78 Å². The van der Waals surface area contributed by atoms with E-state index in [4.69, 9.17) is 11.6 Å². The van der Waals surface area contributed by atoms with Crippen LogP contribution in [0.25, 0.3) is 0 Å². The Hall–Kier alpha value is -1.24. The normalized spacial score (nSPS) is 17.9. The average Bonchev–Trinajstić information content (AvgIpc) is 2.42. The zero-order valence-corrected chi connectivity index (χ0v) is 12.4. The summed E-state index contributed by atoms with van der Waals surface area (Å²) in [4.78, 5) is 15.9. The summed E-state index contributed by atoms with van der Waals surface area (Å²) in [6.07, 6.45) is -0.423. The van der Waals surface area contributed by atoms with Crippen molar-refractivity contribution in [3.63, 3.8) is 0 Å². The molecular formula is C14H17ClF2N2O2. The van der Waals surface area contributed by atoms with Gasteiger partial charge >= 0.3 is 0 Å². The van der Waals surface area contributed by atoms with E-state index in [1.807, 2.05) is 4.90 Å². The Morgan fingerprint density at radius 1 is 1.29 bits per heavy atom. The fourth-order valence-electron chi connectivity index (χ4n) is 2.36. The minimum Gasteiger partial charge on any atom is -0.392 e. The molecule has 1 aliphatic rings. The summed E-state index contributed by atoms with van der Waals surface area (Å²) in [6.45, 7) is 4.42. The number of aliphatic hydroxyl groups is 1. The fraction of sp³-hybridized carbons (Fsp3) is 0.500. The Labute approximate surface area is 126 Å². The molecule has 1 amide bonds. The summed E-state index contributed by atoms with van der Waals surface area (Å²) < 4.78 is 26.3. The Morgan fingerprint density at radius 3 is 2.43 bits per heavy atom. The first kappa shape index (κ1) is 16.1. The SMILES string of the molecule is CC(O)CN1CCN(C(=O)c2cc(F)c(F)cc2Cl)CC1. The molecule has 0 aromatic heterocycles. The van der Waals surface area contributed by atoms with Gasteiger partial charge in [0.25, 0.3) is 5.91 Å². The highest BCUT2D eigenvalue weighted by Gasteiger charge is 2.25. The van der Waals surface area contributed by atoms with Crippen LogP contribution in [-0.2, 0) is 0 Å². The maximum atomic E-state index is 13.3. The third kappa shape index (κ3) is 3.90. The molecule has 2 rings (SSSR count). The van der Waals surface area contributed by atoms with E-state index in [-0.39, 0.29) is 10.6 Å². The first-order valence-electron chi connectivity index (χ1n) is 6.72. The second-order valence-corrected chi connectivity index (χ2v) is 5.60. The maximum absolute atomic E-state index is 13.3. The molecule has 0 spiro atoms. The highest BCUT2D eigenvalue weighted by atomic mass is 35.5. The number of carbonyl (C=O) groups is 1. The van der Waals surface area contributed by atoms with Crippen LogP contribution in [0, 0.1) is 11.6 Å². The second kappa shape index (κ2) is 6.68. The predicted molar refractivity (Wildman–Crippen MR) is 75.4 cm³/mol. The molecule has 1 N–H and O–H groups in total. The van der Waals surface area contributed by atoms with E-state index < -0.39 is 23.6 Å². The fourth-order valence-corrected chi connectivity index (χ4v) is 2.60. The Kier molecular flexibility index (Phi) is 5.13. The van der Waals surface area contributed by atoms with Gasteiger partial charge in [-0.05, 0) is 19.1 Å². The summed E-state index contributed by atoms with van der Waals surface area (Å²) in [6, 6.07) is 1.65. The summed E-state index contributed by atoms with van der Waals surface area (Å²) in [5.41, 5.74) is -0.0282. The first-order valence-corrected chi connectivity index (χ1v) is 7.10. The molecule has 116 valence electrons. The monoisotopic (exact) mass is 318 g/mol. The Morgan fingerprint density at radius 2 is 1.86 bits per heavy atom. The lowest BCUT2D eigenvalue weighted by Crippen LogP contribution is -2.50. The van der Waals surface area contributed by atoms with Crippen LogP contribution in [0.1, 0.15) is 17.3 Å². The van der Waals surface area contributed by atoms with E-state index >= 15 is 0 Å². The van der Waals surface area contributed by atoms with E-state index in [0.29, 0.717) is 32.7 Å². The van der Waals surface area contributed by atoms with Crippen molar-refractivity contribution in [2.45, 2.75) is 13.0 Å². The van der Waals surface area contributed by atoms with Crippen LogP contribution in [-0.4, -0.2) is 59.6 Å². The number of benzene rings is 1. The highest BCUT2D eigenvalue weighted by Crippen LogP contribution is 2.22. The van der Waals surface area contributed by atoms with Gasteiger partial charge in [0, 0.05) is 32.7 Å². The van der Waals surface area contributed by atoms with Crippen molar-refractivity contribution in [2.75, 3.05) is 32.7 Å². The van der Waals surface area contributed by atoms with Crippen molar-refractivity contribution in [2.24, 2.45) is 0 Å². The first-order chi connectivity index (χ1) is 9.88. The second-order valence-electron chi connectivity index (χ2n) is 5.19. The third-order valence-corrected chi connectivity index (χ3v) is 3.74. The quantitative estimate of drug-likeness (QED) is 0.864. The smallest absolute Gasteiger partial charge is 0.255 e. The minimum absolute atomic E-state index is 0.0282. The standard InChI is InChI=1S/C14H17ClF2N2O2/c1-9(20)8-18-2-4-19(5-3-18)14(21)10-6-12(16)13(17)7-11(10)15/h6-7,9,20H,2-5,8H2,1H3. The summed E-state index contributed by atoms with van der Waals surface area (Å²) in [7, 11) is 0. The minimum atomic E-state index is -1.09. The molecule has 7 heteroatoms. The van der Waals surface area contributed by atoms with Crippen molar-refractivity contribution in [3.05, 3.63) is 34.4 Å². The molecule has 0 radical (unpaired) electrons. The van der Waals surface area contributed by atoms with Crippen LogP contribution in [0.3, 0.4) is 0 Å². The average molecular weight is 319 g/mol. The summed E-state index contributed by atoms with van der Waals surface area (Å²) in [5.74, 6) is -2.57. The van der Waals surface area contributed by atoms with Gasteiger partial charge in [-0.2, -0.15) is 0 Å². The number of nitrogens with zero attached hydrogens (tertiary/aromatic N) is 2. The largest absolute Gasteiger partial charge is 0.392 e. The van der Waals surface area contributed by atoms with E-state index in [9.17, 15) is 18.7 Å². The molecule has 0 bridgehead atoms. The lowest BCUT2D eigenvalue weighted by atomic mass is 10.1. The third-order valence-electron chi connectivity index (χ3n) is 3.42. The predicted octanol–water partition coefficient (Wildman–Crippen LogP) is 1.76. The molecule has 1 aliphatic heterocycles. The van der Waals surface area contributed by atoms with Gasteiger partial charge in [-0.25, -0.2) is 8.78 Å². The van der Waals surface area contributed by atoms with E-state index in [1.54, 1.807) is 11.8 Å². The molecule has 1 fully saturated rings. The van der Waals surface area contributed by atoms with Crippen molar-refractivity contribution in [3.8, 4) is 0 Å². The number of aliphatic hydroxyl groups excluding tert-OH is 1. The van der Waals surface area contributed by atoms with Gasteiger partial charge in [0.1, 0.15) is 0 Å². The number of rotatable bonds is 3. The summed E-state index contributed by atoms with van der Waals surface area (Å²) >= 11 is 5.82. The number of β-amino-alcohol motifs (C(OH)–C–C–N with tert-alkyl or cyclic N) is 1. The molecule has 21 heavy (non-hydrogen) atoms. The van der Waals surface area contributed by atoms with Crippen LogP contribution >= 0.6 is 11.6 Å². The Bertz CT molecular complexity index is 532. The van der Waals surface area contributed by atoms with Crippen molar-refractivity contribution in [1.82, 2.24) is 9.80 Å². The Balaban J connectivity index is 2.04. The zero-order valence-electron chi connectivity index (χ0n) is 11.7. The van der Waals surface area contributed by atoms with Crippen LogP contribution in [0.5, 0.6) is 0 Å². The van der Waals surface area contributed by atoms with Crippen molar-refractivity contribution < 1.29 is 18.7 Å². The number of piperazine rings is 1. The maximum Gasteiger partial charge on any atom is 0.255 e. The van der Waals surface area contributed by atoms with Crippen LogP contribution in [0.15, 0.2) is 12.1 Å². The van der Waals surface area contributed by atoms with E-state index in [2.05, 4.69) is 0 Å². The van der Waals surface area contributed by atoms with Crippen LogP contribution in [0.2, 0.25) is 5.02 Å². The van der Waals surface area contributed by atoms with Crippen molar-refractivity contribution >= 4 is 17.5 Å². The van der Waals surface area contributed by atoms with Crippen LogP contribution < -0.4 is 0 Å². The lowest BCUT2D eigenvalue weighted by Gasteiger charge is -2.35. The molecule has 0 saturated carbocycles. The van der Waals surface area contributed by atoms with Gasteiger partial charge < -0.3 is 10.0 Å². The van der Waals surface area contributed by atoms with Crippen molar-refractivity contribution in [1.29, 1.82) is 0 Å². The van der Waals surface area contributed by atoms with Gasteiger partial charge in [0.05, 0.1) is 16.7 Å². The molecule has 4 nitrogen and oxygen atoms in total. The number of amides is 1. The lowest BCUT2D eigenvalue weighted by molar-refractivity contribution is 0.0554. The van der Waals surface area contributed by atoms with Gasteiger partial charge in [0.2, 0.25) is 0 Å². The molecule has 1 saturated heterocycles. The zero-order chi connectivity index (χ0) is 15.6. The van der Waals surface area contributed by atoms with Gasteiger partial charge in [-0.15, -0.1) is 0 Å². The van der Waals surface area contributed by atoms with Gasteiger partial charge in [-0.1, -0.05) is 11.6 Å². The topological polar surface area (TPSA) is 43.8 Å². The highest BCUT2D eigenvalue weighted by molar-refractivity contribution is 6.33. The number of carbonyl (C=O) groups excluding carboxylic acids is 1. The van der Waals surface area contributed by atoms with E-state index in [1.165, 1.54) is 0 Å². The molecule has 0 aliphatic carbocycles. The molecule has 1 heterocycles. The molecule has 1 unspecified atom stereocenters. The summed E-state index contributed by atoms with van der Waals surface area (Å²) in [5, 5.41) is 9.24. The molecule has 1 aromatic carbocycles. The number of hydrogen-bond donors (Lipinski definition) is 1. The molecule has 1 aromatic rings. The van der Waals surface area contributed by atoms with Gasteiger partial charge in [-0.3, -0.25) is 9.69 Å². The molecular weight excluding hydrogens is 302 g/mol. The number of hydrogen-bond acceptors (Lipinski definition) is 3.